The summed E-state index contributed by atoms with van der Waals surface area (Å²) in [6.07, 6.45) is 3.58. The van der Waals surface area contributed by atoms with E-state index in [-0.39, 0.29) is 5.91 Å². The van der Waals surface area contributed by atoms with Gasteiger partial charge in [0.1, 0.15) is 28.4 Å². The van der Waals surface area contributed by atoms with Crippen LogP contribution >= 0.6 is 0 Å². The Kier molecular flexibility index (Phi) is 4.87. The van der Waals surface area contributed by atoms with E-state index < -0.39 is 0 Å². The number of hydrogen-bond donors (Lipinski definition) is 2. The van der Waals surface area contributed by atoms with Crippen molar-refractivity contribution >= 4 is 22.6 Å². The number of fused-ring (bicyclic) bond motifs is 1. The number of methoxy groups -OCH3 is 1. The van der Waals surface area contributed by atoms with Crippen molar-refractivity contribution in [1.82, 2.24) is 20.1 Å². The predicted octanol–water partition coefficient (Wildman–Crippen LogP) is 4.85. The first-order valence-electron chi connectivity index (χ1n) is 9.95. The van der Waals surface area contributed by atoms with Crippen LogP contribution in [0.15, 0.2) is 71.5 Å². The topological polar surface area (TPSA) is 106 Å². The van der Waals surface area contributed by atoms with E-state index in [4.69, 9.17) is 9.26 Å². The summed E-state index contributed by atoms with van der Waals surface area (Å²) in [4.78, 5) is 25.2. The number of nitrogens with zero attached hydrogens (tertiary/aromatic N) is 3. The van der Waals surface area contributed by atoms with Gasteiger partial charge in [0.25, 0.3) is 5.91 Å². The number of aromatic nitrogens is 4. The van der Waals surface area contributed by atoms with E-state index in [2.05, 4.69) is 25.4 Å². The van der Waals surface area contributed by atoms with Gasteiger partial charge in [0, 0.05) is 28.9 Å². The Bertz CT molecular complexity index is 1420. The van der Waals surface area contributed by atoms with Crippen LogP contribution in [0, 0.1) is 6.92 Å². The van der Waals surface area contributed by atoms with Gasteiger partial charge in [0.15, 0.2) is 0 Å². The second kappa shape index (κ2) is 7.99. The van der Waals surface area contributed by atoms with Gasteiger partial charge in [-0.25, -0.2) is 9.97 Å². The van der Waals surface area contributed by atoms with Crippen LogP contribution in [0.2, 0.25) is 0 Å². The minimum absolute atomic E-state index is 0.292. The first-order valence-corrected chi connectivity index (χ1v) is 9.95. The number of carbonyl (C=O) groups is 1. The highest BCUT2D eigenvalue weighted by Crippen LogP contribution is 2.30. The smallest absolute Gasteiger partial charge is 0.261 e. The summed E-state index contributed by atoms with van der Waals surface area (Å²) < 4.78 is 10.8. The first-order chi connectivity index (χ1) is 15.6. The van der Waals surface area contributed by atoms with Gasteiger partial charge in [0.05, 0.1) is 12.8 Å². The number of H-pyrrole nitrogens is 1. The molecule has 5 rings (SSSR count). The summed E-state index contributed by atoms with van der Waals surface area (Å²) >= 11 is 0. The summed E-state index contributed by atoms with van der Waals surface area (Å²) in [5.41, 5.74) is 4.41. The Balaban J connectivity index is 1.46. The van der Waals surface area contributed by atoms with Crippen molar-refractivity contribution in [2.75, 3.05) is 12.4 Å². The summed E-state index contributed by atoms with van der Waals surface area (Å²) in [6.45, 7) is 1.71. The summed E-state index contributed by atoms with van der Waals surface area (Å²) in [7, 11) is 1.51. The molecule has 158 valence electrons. The van der Waals surface area contributed by atoms with Gasteiger partial charge in [0.2, 0.25) is 5.88 Å². The third kappa shape index (κ3) is 3.47. The van der Waals surface area contributed by atoms with Crippen LogP contribution in [0.25, 0.3) is 33.5 Å². The number of aromatic amines is 1. The molecular formula is C24H19N5O3. The van der Waals surface area contributed by atoms with E-state index in [1.807, 2.05) is 54.7 Å². The average molecular weight is 425 g/mol. The standard InChI is InChI=1S/C24H19N5O3/c1-14-20(21(29-32-14)15-6-4-3-5-7-15)23(30)27-19-9-8-18(28-24(19)31-2)17-12-16-10-11-25-22(16)26-13-17/h3-13H,1-2H3,(H,25,26)(H,27,30). The number of nitrogens with one attached hydrogen (secondary N) is 2. The maximum atomic E-state index is 13.1. The monoisotopic (exact) mass is 425 g/mol. The number of anilines is 1. The molecule has 8 nitrogen and oxygen atoms in total. The normalized spacial score (nSPS) is 10.9. The van der Waals surface area contributed by atoms with Crippen molar-refractivity contribution in [3.63, 3.8) is 0 Å². The third-order valence-corrected chi connectivity index (χ3v) is 5.13. The van der Waals surface area contributed by atoms with Crippen LogP contribution in [-0.2, 0) is 0 Å². The van der Waals surface area contributed by atoms with E-state index in [9.17, 15) is 4.79 Å². The van der Waals surface area contributed by atoms with Gasteiger partial charge in [-0.3, -0.25) is 4.79 Å². The summed E-state index contributed by atoms with van der Waals surface area (Å²) in [5.74, 6) is 0.363. The first kappa shape index (κ1) is 19.5. The molecule has 0 fully saturated rings. The highest BCUT2D eigenvalue weighted by atomic mass is 16.5. The highest BCUT2D eigenvalue weighted by Gasteiger charge is 2.23. The number of carbonyl (C=O) groups excluding carboxylic acids is 1. The fourth-order valence-corrected chi connectivity index (χ4v) is 3.55. The predicted molar refractivity (Wildman–Crippen MR) is 121 cm³/mol. The second-order valence-electron chi connectivity index (χ2n) is 7.18. The van der Waals surface area contributed by atoms with Crippen molar-refractivity contribution in [2.24, 2.45) is 0 Å². The van der Waals surface area contributed by atoms with Crippen molar-refractivity contribution in [2.45, 2.75) is 6.92 Å². The van der Waals surface area contributed by atoms with Crippen molar-refractivity contribution in [3.8, 4) is 28.4 Å². The minimum atomic E-state index is -0.356. The molecule has 32 heavy (non-hydrogen) atoms. The zero-order valence-electron chi connectivity index (χ0n) is 17.4. The van der Waals surface area contributed by atoms with E-state index in [1.54, 1.807) is 19.2 Å². The van der Waals surface area contributed by atoms with E-state index in [0.29, 0.717) is 34.3 Å². The Labute approximate surface area is 183 Å². The van der Waals surface area contributed by atoms with Crippen LogP contribution in [0.1, 0.15) is 16.1 Å². The molecule has 4 heterocycles. The SMILES string of the molecule is COc1nc(-c2cnc3[nH]ccc3c2)ccc1NC(=O)c1c(-c2ccccc2)noc1C. The fourth-order valence-electron chi connectivity index (χ4n) is 3.55. The molecule has 8 heteroatoms. The van der Waals surface area contributed by atoms with Gasteiger partial charge >= 0.3 is 0 Å². The number of benzene rings is 1. The molecule has 0 aliphatic heterocycles. The maximum absolute atomic E-state index is 13.1. The third-order valence-electron chi connectivity index (χ3n) is 5.13. The maximum Gasteiger partial charge on any atom is 0.261 e. The summed E-state index contributed by atoms with van der Waals surface area (Å²) in [5, 5.41) is 7.93. The van der Waals surface area contributed by atoms with Crippen LogP contribution in [0.4, 0.5) is 5.69 Å². The molecule has 0 bridgehead atoms. The highest BCUT2D eigenvalue weighted by molar-refractivity contribution is 6.09. The molecule has 0 spiro atoms. The minimum Gasteiger partial charge on any atom is -0.479 e. The number of aryl methyl sites for hydroxylation is 1. The number of pyridine rings is 2. The number of amides is 1. The molecule has 2 N–H and O–H groups in total. The van der Waals surface area contributed by atoms with Gasteiger partial charge in [-0.1, -0.05) is 35.5 Å². The number of rotatable bonds is 5. The molecule has 0 unspecified atom stereocenters. The Morgan fingerprint density at radius 1 is 1.09 bits per heavy atom. The van der Waals surface area contributed by atoms with Crippen LogP contribution in [-0.4, -0.2) is 33.1 Å². The van der Waals surface area contributed by atoms with Gasteiger partial charge in [-0.2, -0.15) is 0 Å². The molecule has 1 amide bonds. The molecule has 0 atom stereocenters. The Hall–Kier alpha value is -4.46. The van der Waals surface area contributed by atoms with Crippen LogP contribution < -0.4 is 10.1 Å². The molecule has 0 aliphatic carbocycles. The molecule has 0 saturated carbocycles. The lowest BCUT2D eigenvalue weighted by Crippen LogP contribution is -2.14. The number of hydrogen-bond acceptors (Lipinski definition) is 6. The fraction of sp³-hybridized carbons (Fsp3) is 0.0833. The lowest BCUT2D eigenvalue weighted by molar-refractivity contribution is 0.102. The molecule has 4 aromatic heterocycles. The van der Waals surface area contributed by atoms with Crippen molar-refractivity contribution in [1.29, 1.82) is 0 Å². The Morgan fingerprint density at radius 2 is 1.94 bits per heavy atom. The molecular weight excluding hydrogens is 406 g/mol. The van der Waals surface area contributed by atoms with E-state index in [1.165, 1.54) is 7.11 Å². The lowest BCUT2D eigenvalue weighted by atomic mass is 10.1. The van der Waals surface area contributed by atoms with Crippen LogP contribution in [0.3, 0.4) is 0 Å². The van der Waals surface area contributed by atoms with Crippen molar-refractivity contribution in [3.05, 3.63) is 78.3 Å². The average Bonchev–Trinajstić information content (AvgIpc) is 3.45. The molecule has 1 aromatic carbocycles. The number of ether oxygens (including phenoxy) is 1. The largest absolute Gasteiger partial charge is 0.479 e. The molecule has 0 saturated heterocycles. The zero-order chi connectivity index (χ0) is 22.1. The van der Waals surface area contributed by atoms with Gasteiger partial charge in [-0.15, -0.1) is 0 Å². The van der Waals surface area contributed by atoms with Crippen molar-refractivity contribution < 1.29 is 14.1 Å². The van der Waals surface area contributed by atoms with E-state index in [0.717, 1.165) is 22.2 Å². The van der Waals surface area contributed by atoms with Crippen LogP contribution in [0.5, 0.6) is 5.88 Å². The molecule has 0 aliphatic rings. The zero-order valence-corrected chi connectivity index (χ0v) is 17.4. The molecule has 5 aromatic rings. The van der Waals surface area contributed by atoms with Gasteiger partial charge < -0.3 is 19.6 Å². The molecule has 0 radical (unpaired) electrons. The lowest BCUT2D eigenvalue weighted by Gasteiger charge is -2.11. The quantitative estimate of drug-likeness (QED) is 0.417. The summed E-state index contributed by atoms with van der Waals surface area (Å²) in [6, 6.07) is 16.9. The van der Waals surface area contributed by atoms with Gasteiger partial charge in [-0.05, 0) is 31.2 Å². The van der Waals surface area contributed by atoms with E-state index >= 15 is 0 Å². The Morgan fingerprint density at radius 3 is 2.75 bits per heavy atom. The second-order valence-corrected chi connectivity index (χ2v) is 7.18.